The SMILES string of the molecule is CC1(C)C=Cc2c(cc(O)c3c(=O)c(CCC(C)(O)c4ccc(F)cc4)c(-c4ccccc4Br)oc23)O1. The van der Waals surface area contributed by atoms with Gasteiger partial charge in [-0.3, -0.25) is 4.79 Å². The Labute approximate surface area is 222 Å². The molecule has 4 aromatic rings. The van der Waals surface area contributed by atoms with Crippen molar-refractivity contribution in [2.24, 2.45) is 0 Å². The molecular formula is C30H26BrFO5. The molecule has 0 saturated heterocycles. The molecule has 1 aliphatic heterocycles. The molecule has 190 valence electrons. The van der Waals surface area contributed by atoms with Crippen LogP contribution < -0.4 is 10.2 Å². The summed E-state index contributed by atoms with van der Waals surface area (Å²) in [6.45, 7) is 5.41. The number of benzene rings is 3. The molecule has 0 bridgehead atoms. The number of rotatable bonds is 5. The maximum Gasteiger partial charge on any atom is 0.200 e. The van der Waals surface area contributed by atoms with Crippen molar-refractivity contribution in [3.8, 4) is 22.8 Å². The first kappa shape index (κ1) is 25.2. The molecule has 2 heterocycles. The lowest BCUT2D eigenvalue weighted by atomic mass is 9.88. The van der Waals surface area contributed by atoms with Crippen molar-refractivity contribution in [2.75, 3.05) is 0 Å². The molecule has 2 N–H and O–H groups in total. The molecule has 0 spiro atoms. The van der Waals surface area contributed by atoms with Gasteiger partial charge in [0.1, 0.15) is 34.1 Å². The Balaban J connectivity index is 1.70. The van der Waals surface area contributed by atoms with Crippen LogP contribution in [0.1, 0.15) is 43.9 Å². The fourth-order valence-corrected chi connectivity index (χ4v) is 5.10. The normalized spacial score (nSPS) is 15.7. The minimum absolute atomic E-state index is 0.0546. The highest BCUT2D eigenvalue weighted by molar-refractivity contribution is 9.10. The van der Waals surface area contributed by atoms with Gasteiger partial charge in [-0.15, -0.1) is 0 Å². The molecule has 1 atom stereocenters. The lowest BCUT2D eigenvalue weighted by molar-refractivity contribution is 0.0479. The number of phenols is 1. The van der Waals surface area contributed by atoms with E-state index >= 15 is 0 Å². The second-order valence-electron chi connectivity index (χ2n) is 10.0. The van der Waals surface area contributed by atoms with E-state index in [9.17, 15) is 19.4 Å². The second kappa shape index (κ2) is 9.15. The van der Waals surface area contributed by atoms with E-state index in [1.54, 1.807) is 6.92 Å². The topological polar surface area (TPSA) is 79.9 Å². The van der Waals surface area contributed by atoms with E-state index in [0.717, 1.165) is 4.47 Å². The lowest BCUT2D eigenvalue weighted by Gasteiger charge is -2.28. The quantitative estimate of drug-likeness (QED) is 0.270. The molecule has 37 heavy (non-hydrogen) atoms. The van der Waals surface area contributed by atoms with E-state index in [0.29, 0.717) is 33.8 Å². The van der Waals surface area contributed by atoms with Gasteiger partial charge in [0.25, 0.3) is 0 Å². The minimum Gasteiger partial charge on any atom is -0.507 e. The lowest BCUT2D eigenvalue weighted by Crippen LogP contribution is -2.27. The molecule has 1 aliphatic rings. The van der Waals surface area contributed by atoms with Crippen LogP contribution in [-0.4, -0.2) is 15.8 Å². The number of ether oxygens (including phenoxy) is 1. The van der Waals surface area contributed by atoms with Crippen LogP contribution in [0.2, 0.25) is 0 Å². The number of hydrogen-bond acceptors (Lipinski definition) is 5. The van der Waals surface area contributed by atoms with Crippen molar-refractivity contribution in [3.05, 3.63) is 97.9 Å². The van der Waals surface area contributed by atoms with Gasteiger partial charge in [-0.05, 0) is 69.5 Å². The highest BCUT2D eigenvalue weighted by atomic mass is 79.9. The zero-order valence-corrected chi connectivity index (χ0v) is 22.2. The van der Waals surface area contributed by atoms with E-state index in [2.05, 4.69) is 15.9 Å². The summed E-state index contributed by atoms with van der Waals surface area (Å²) in [5, 5.41) is 22.1. The first-order valence-electron chi connectivity index (χ1n) is 11.9. The van der Waals surface area contributed by atoms with E-state index in [4.69, 9.17) is 9.15 Å². The number of halogens is 2. The van der Waals surface area contributed by atoms with Crippen molar-refractivity contribution in [1.29, 1.82) is 0 Å². The van der Waals surface area contributed by atoms with E-state index < -0.39 is 17.0 Å². The predicted molar refractivity (Wildman–Crippen MR) is 145 cm³/mol. The summed E-state index contributed by atoms with van der Waals surface area (Å²) in [7, 11) is 0. The maximum absolute atomic E-state index is 13.9. The number of aromatic hydroxyl groups is 1. The summed E-state index contributed by atoms with van der Waals surface area (Å²) in [6.07, 6.45) is 4.02. The van der Waals surface area contributed by atoms with Crippen LogP contribution in [0.15, 0.2) is 74.4 Å². The van der Waals surface area contributed by atoms with Gasteiger partial charge in [-0.1, -0.05) is 46.3 Å². The summed E-state index contributed by atoms with van der Waals surface area (Å²) in [6, 6.07) is 14.5. The fourth-order valence-electron chi connectivity index (χ4n) is 4.64. The maximum atomic E-state index is 13.9. The zero-order valence-electron chi connectivity index (χ0n) is 20.6. The third kappa shape index (κ3) is 4.69. The molecule has 1 unspecified atom stereocenters. The van der Waals surface area contributed by atoms with Gasteiger partial charge < -0.3 is 19.4 Å². The Kier molecular flexibility index (Phi) is 6.24. The van der Waals surface area contributed by atoms with Crippen LogP contribution in [0, 0.1) is 5.82 Å². The summed E-state index contributed by atoms with van der Waals surface area (Å²) in [5.41, 5.74) is 0.0112. The van der Waals surface area contributed by atoms with E-state index in [1.807, 2.05) is 50.3 Å². The number of fused-ring (bicyclic) bond motifs is 3. The first-order valence-corrected chi connectivity index (χ1v) is 12.7. The third-order valence-corrected chi connectivity index (χ3v) is 7.40. The van der Waals surface area contributed by atoms with Gasteiger partial charge in [0.05, 0.1) is 11.2 Å². The minimum atomic E-state index is -1.33. The second-order valence-corrected chi connectivity index (χ2v) is 10.9. The van der Waals surface area contributed by atoms with Gasteiger partial charge in [0, 0.05) is 21.7 Å². The summed E-state index contributed by atoms with van der Waals surface area (Å²) in [5.74, 6) is 0.126. The fraction of sp³-hybridized carbons (Fsp3) is 0.233. The Bertz CT molecular complexity index is 1600. The Morgan fingerprint density at radius 3 is 2.51 bits per heavy atom. The van der Waals surface area contributed by atoms with E-state index in [-0.39, 0.29) is 35.0 Å². The summed E-state index contributed by atoms with van der Waals surface area (Å²) in [4.78, 5) is 13.9. The van der Waals surface area contributed by atoms with Crippen molar-refractivity contribution < 1.29 is 23.8 Å². The van der Waals surface area contributed by atoms with Crippen LogP contribution in [0.4, 0.5) is 4.39 Å². The summed E-state index contributed by atoms with van der Waals surface area (Å²) >= 11 is 3.56. The van der Waals surface area contributed by atoms with Crippen LogP contribution in [0.25, 0.3) is 28.4 Å². The van der Waals surface area contributed by atoms with Gasteiger partial charge in [0.2, 0.25) is 0 Å². The molecule has 0 fully saturated rings. The monoisotopic (exact) mass is 564 g/mol. The molecule has 3 aromatic carbocycles. The van der Waals surface area contributed by atoms with Crippen LogP contribution in [-0.2, 0) is 12.0 Å². The van der Waals surface area contributed by atoms with E-state index in [1.165, 1.54) is 30.3 Å². The van der Waals surface area contributed by atoms with Gasteiger partial charge in [0.15, 0.2) is 11.0 Å². The molecule has 0 aliphatic carbocycles. The van der Waals surface area contributed by atoms with Crippen molar-refractivity contribution in [1.82, 2.24) is 0 Å². The molecular weight excluding hydrogens is 539 g/mol. The molecule has 0 amide bonds. The van der Waals surface area contributed by atoms with Crippen LogP contribution in [0.3, 0.4) is 0 Å². The Morgan fingerprint density at radius 1 is 1.11 bits per heavy atom. The molecule has 1 aromatic heterocycles. The highest BCUT2D eigenvalue weighted by Gasteiger charge is 2.30. The number of phenolic OH excluding ortho intramolecular Hbond substituents is 1. The van der Waals surface area contributed by atoms with Crippen molar-refractivity contribution >= 4 is 33.0 Å². The first-order chi connectivity index (χ1) is 17.5. The van der Waals surface area contributed by atoms with Crippen molar-refractivity contribution in [2.45, 2.75) is 44.8 Å². The molecule has 7 heteroatoms. The number of aliphatic hydroxyl groups is 1. The van der Waals surface area contributed by atoms with Gasteiger partial charge in [-0.2, -0.15) is 0 Å². The summed E-state index contributed by atoms with van der Waals surface area (Å²) < 4.78 is 26.6. The Morgan fingerprint density at radius 2 is 1.81 bits per heavy atom. The molecule has 0 saturated carbocycles. The Hall–Kier alpha value is -3.42. The van der Waals surface area contributed by atoms with Gasteiger partial charge in [-0.25, -0.2) is 4.39 Å². The standard InChI is InChI=1S/C30H26BrFO5/c1-29(2)14-12-20-24(37-29)16-23(33)25-26(34)21(13-15-30(3,35)17-8-10-18(32)11-9-17)27(36-28(20)25)19-6-4-5-7-22(19)31/h4-12,14,16,33,35H,13,15H2,1-3H3. The largest absolute Gasteiger partial charge is 0.507 e. The molecule has 5 nitrogen and oxygen atoms in total. The smallest absolute Gasteiger partial charge is 0.200 e. The zero-order chi connectivity index (χ0) is 26.5. The average molecular weight is 565 g/mol. The average Bonchev–Trinajstić information content (AvgIpc) is 2.83. The van der Waals surface area contributed by atoms with Crippen LogP contribution >= 0.6 is 15.9 Å². The van der Waals surface area contributed by atoms with Crippen molar-refractivity contribution in [3.63, 3.8) is 0 Å². The number of hydrogen-bond donors (Lipinski definition) is 2. The predicted octanol–water partition coefficient (Wildman–Crippen LogP) is 7.09. The third-order valence-electron chi connectivity index (χ3n) is 6.71. The highest BCUT2D eigenvalue weighted by Crippen LogP contribution is 2.42. The van der Waals surface area contributed by atoms with Crippen LogP contribution in [0.5, 0.6) is 11.5 Å². The molecule has 5 rings (SSSR count). The molecule has 0 radical (unpaired) electrons. The van der Waals surface area contributed by atoms with Gasteiger partial charge >= 0.3 is 0 Å².